The van der Waals surface area contributed by atoms with Crippen molar-refractivity contribution in [3.63, 3.8) is 0 Å². The summed E-state index contributed by atoms with van der Waals surface area (Å²) in [7, 11) is -4.11. The Bertz CT molecular complexity index is 1440. The first-order valence-corrected chi connectivity index (χ1v) is 12.2. The minimum atomic E-state index is -4.11. The third kappa shape index (κ3) is 3.59. The number of aromatic nitrogens is 1. The summed E-state index contributed by atoms with van der Waals surface area (Å²) >= 11 is 1.36. The summed E-state index contributed by atoms with van der Waals surface area (Å²) in [4.78, 5) is 0.690. The minimum absolute atomic E-state index is 0.0283. The molecule has 0 aliphatic heterocycles. The Kier molecular flexibility index (Phi) is 5.61. The summed E-state index contributed by atoms with van der Waals surface area (Å²) in [5, 5.41) is 9.53. The maximum atomic E-state index is 14.9. The van der Waals surface area contributed by atoms with E-state index in [0.29, 0.717) is 21.6 Å². The largest absolute Gasteiger partial charge is 0.457 e. The first-order valence-electron chi connectivity index (χ1n) is 9.55. The molecule has 1 aromatic heterocycles. The molecule has 1 aliphatic rings. The fourth-order valence-electron chi connectivity index (χ4n) is 3.48. The van der Waals surface area contributed by atoms with Crippen LogP contribution in [-0.4, -0.2) is 23.4 Å². The van der Waals surface area contributed by atoms with E-state index in [4.69, 9.17) is 10.00 Å². The van der Waals surface area contributed by atoms with Crippen LogP contribution in [0, 0.1) is 17.1 Å². The first kappa shape index (κ1) is 22.1. The highest BCUT2D eigenvalue weighted by molar-refractivity contribution is 8.02. The van der Waals surface area contributed by atoms with Gasteiger partial charge in [0, 0.05) is 22.6 Å². The van der Waals surface area contributed by atoms with Crippen LogP contribution in [0.5, 0.6) is 11.5 Å². The number of nitriles is 1. The van der Waals surface area contributed by atoms with Crippen LogP contribution in [0.15, 0.2) is 71.5 Å². The predicted molar refractivity (Wildman–Crippen MR) is 121 cm³/mol. The molecule has 0 saturated carbocycles. The zero-order chi connectivity index (χ0) is 23.1. The fraction of sp³-hybridized carbons (Fsp3) is 0.174. The summed E-state index contributed by atoms with van der Waals surface area (Å²) in [6, 6.07) is 11.9. The van der Waals surface area contributed by atoms with Gasteiger partial charge in [-0.25, -0.2) is 21.2 Å². The molecule has 9 heteroatoms. The van der Waals surface area contributed by atoms with Gasteiger partial charge in [0.2, 0.25) is 0 Å². The van der Waals surface area contributed by atoms with Crippen molar-refractivity contribution in [1.82, 2.24) is 3.97 Å². The topological polar surface area (TPSA) is 72.1 Å². The number of hydrogen-bond donors (Lipinski definition) is 0. The number of halogens is 2. The van der Waals surface area contributed by atoms with E-state index < -0.39 is 26.4 Å². The molecule has 0 amide bonds. The van der Waals surface area contributed by atoms with Crippen molar-refractivity contribution in [1.29, 1.82) is 5.26 Å². The van der Waals surface area contributed by atoms with Crippen LogP contribution in [0.2, 0.25) is 0 Å². The predicted octanol–water partition coefficient (Wildman–Crippen LogP) is 5.88. The molecule has 1 aliphatic carbocycles. The number of hydrogen-bond acceptors (Lipinski definition) is 5. The third-order valence-corrected chi connectivity index (χ3v) is 8.54. The van der Waals surface area contributed by atoms with Gasteiger partial charge in [0.15, 0.2) is 0 Å². The van der Waals surface area contributed by atoms with Crippen LogP contribution < -0.4 is 4.74 Å². The Balaban J connectivity index is 1.69. The lowest BCUT2D eigenvalue weighted by atomic mass is 10.0. The lowest BCUT2D eigenvalue weighted by Gasteiger charge is -2.30. The average molecular weight is 473 g/mol. The van der Waals surface area contributed by atoms with Crippen molar-refractivity contribution in [2.45, 2.75) is 18.1 Å². The summed E-state index contributed by atoms with van der Waals surface area (Å²) in [6.45, 7) is 1.38. The lowest BCUT2D eigenvalue weighted by molar-refractivity contribution is 0.476. The van der Waals surface area contributed by atoms with Crippen molar-refractivity contribution in [2.24, 2.45) is 0 Å². The van der Waals surface area contributed by atoms with Gasteiger partial charge in [0.05, 0.1) is 11.1 Å². The van der Waals surface area contributed by atoms with Crippen molar-refractivity contribution in [3.05, 3.63) is 82.9 Å². The fourth-order valence-corrected chi connectivity index (χ4v) is 5.63. The number of benzene rings is 2. The number of allylic oxidation sites excluding steroid dienone is 2. The van der Waals surface area contributed by atoms with E-state index >= 15 is 0 Å². The average Bonchev–Trinajstić information content (AvgIpc) is 3.21. The highest BCUT2D eigenvalue weighted by atomic mass is 32.2. The molecule has 0 saturated heterocycles. The van der Waals surface area contributed by atoms with Gasteiger partial charge < -0.3 is 4.74 Å². The minimum Gasteiger partial charge on any atom is -0.457 e. The van der Waals surface area contributed by atoms with Crippen molar-refractivity contribution in [3.8, 4) is 17.6 Å². The molecule has 1 unspecified atom stereocenters. The number of fused-ring (bicyclic) bond motifs is 1. The van der Waals surface area contributed by atoms with E-state index in [9.17, 15) is 17.2 Å². The van der Waals surface area contributed by atoms with Gasteiger partial charge in [-0.3, -0.25) is 0 Å². The molecule has 5 nitrogen and oxygen atoms in total. The summed E-state index contributed by atoms with van der Waals surface area (Å²) in [6.07, 6.45) is 6.21. The number of nitrogens with zero attached hydrogens (tertiary/aromatic N) is 2. The highest BCUT2D eigenvalue weighted by Gasteiger charge is 2.46. The normalized spacial score (nSPS) is 18.7. The molecule has 3 aromatic rings. The van der Waals surface area contributed by atoms with E-state index in [2.05, 4.69) is 0 Å². The van der Waals surface area contributed by atoms with Gasteiger partial charge in [-0.15, -0.1) is 11.8 Å². The van der Waals surface area contributed by atoms with Gasteiger partial charge >= 0.3 is 0 Å². The Labute approximate surface area is 188 Å². The zero-order valence-electron chi connectivity index (χ0n) is 17.2. The Morgan fingerprint density at radius 1 is 1.16 bits per heavy atom. The molecule has 1 atom stereocenters. The van der Waals surface area contributed by atoms with E-state index in [1.165, 1.54) is 43.1 Å². The van der Waals surface area contributed by atoms with E-state index in [1.54, 1.807) is 42.7 Å². The molecular formula is C23H18F2N2O3S2. The summed E-state index contributed by atoms with van der Waals surface area (Å²) < 4.78 is 60.3. The molecule has 164 valence electrons. The molecule has 0 spiro atoms. The molecule has 0 fully saturated rings. The van der Waals surface area contributed by atoms with Crippen molar-refractivity contribution in [2.75, 3.05) is 6.26 Å². The zero-order valence-corrected chi connectivity index (χ0v) is 18.8. The van der Waals surface area contributed by atoms with Crippen molar-refractivity contribution < 1.29 is 21.9 Å². The van der Waals surface area contributed by atoms with Gasteiger partial charge in [0.1, 0.15) is 34.0 Å². The highest BCUT2D eigenvalue weighted by Crippen LogP contribution is 2.40. The monoisotopic (exact) mass is 472 g/mol. The molecular weight excluding hydrogens is 454 g/mol. The molecule has 4 rings (SSSR count). The van der Waals surface area contributed by atoms with Crippen molar-refractivity contribution >= 4 is 32.7 Å². The number of ether oxygens (including phenoxy) is 1. The lowest BCUT2D eigenvalue weighted by Crippen LogP contribution is -2.40. The second-order valence-electron chi connectivity index (χ2n) is 7.43. The van der Waals surface area contributed by atoms with Gasteiger partial charge in [-0.1, -0.05) is 6.08 Å². The van der Waals surface area contributed by atoms with Crippen LogP contribution in [0.3, 0.4) is 0 Å². The first-order chi connectivity index (χ1) is 15.2. The maximum Gasteiger partial charge on any atom is 0.251 e. The Hall–Kier alpha value is -3.09. The number of thioether (sulfide) groups is 1. The molecule has 0 N–H and O–H groups in total. The Morgan fingerprint density at radius 2 is 1.88 bits per heavy atom. The SMILES string of the molecule is CSC1=CCC(C)(S(=O)(=O)n2ccc3cc(Oc4ccc(F)c(C#N)c4)ccc32)C(F)=C1. The molecule has 0 bridgehead atoms. The van der Waals surface area contributed by atoms with Gasteiger partial charge in [-0.2, -0.15) is 5.26 Å². The maximum absolute atomic E-state index is 14.9. The summed E-state index contributed by atoms with van der Waals surface area (Å²) in [5.74, 6) is -0.691. The van der Waals surface area contributed by atoms with Crippen LogP contribution in [-0.2, 0) is 10.0 Å². The molecule has 0 radical (unpaired) electrons. The van der Waals surface area contributed by atoms with Crippen LogP contribution >= 0.6 is 11.8 Å². The standard InChI is InChI=1S/C23H18F2N2O3S2/c1-23(9-7-19(31-2)13-22(23)25)32(28,29)27-10-8-15-11-18(4-6-21(15)27)30-17-3-5-20(24)16(12-17)14-26/h3-8,10-13H,9H2,1-2H3. The van der Waals surface area contributed by atoms with Gasteiger partial charge in [-0.05, 0) is 62.1 Å². The number of rotatable bonds is 5. The van der Waals surface area contributed by atoms with Crippen LogP contribution in [0.4, 0.5) is 8.78 Å². The molecule has 2 aromatic carbocycles. The van der Waals surface area contributed by atoms with E-state index in [-0.39, 0.29) is 17.7 Å². The van der Waals surface area contributed by atoms with E-state index in [0.717, 1.165) is 10.0 Å². The van der Waals surface area contributed by atoms with E-state index in [1.807, 2.05) is 0 Å². The quantitative estimate of drug-likeness (QED) is 0.463. The molecule has 1 heterocycles. The van der Waals surface area contributed by atoms with Crippen LogP contribution in [0.1, 0.15) is 18.9 Å². The van der Waals surface area contributed by atoms with Gasteiger partial charge in [0.25, 0.3) is 10.0 Å². The molecule has 32 heavy (non-hydrogen) atoms. The second kappa shape index (κ2) is 8.11. The Morgan fingerprint density at radius 3 is 2.56 bits per heavy atom. The van der Waals surface area contributed by atoms with Crippen LogP contribution in [0.25, 0.3) is 10.9 Å². The third-order valence-electron chi connectivity index (χ3n) is 5.45. The smallest absolute Gasteiger partial charge is 0.251 e. The second-order valence-corrected chi connectivity index (χ2v) is 10.6. The summed E-state index contributed by atoms with van der Waals surface area (Å²) in [5.41, 5.74) is 0.234.